The first-order valence-corrected chi connectivity index (χ1v) is 9.51. The molecular formula is C23H20N4O3. The van der Waals surface area contributed by atoms with Crippen LogP contribution in [0.4, 0.5) is 10.6 Å². The predicted molar refractivity (Wildman–Crippen MR) is 112 cm³/mol. The first-order valence-electron chi connectivity index (χ1n) is 9.51. The number of benzene rings is 1. The highest BCUT2D eigenvalue weighted by atomic mass is 16.5. The van der Waals surface area contributed by atoms with Crippen LogP contribution in [0.1, 0.15) is 17.0 Å². The zero-order chi connectivity index (χ0) is 20.9. The van der Waals surface area contributed by atoms with E-state index in [4.69, 9.17) is 4.74 Å². The molecule has 3 aromatic rings. The number of hydrogen-bond donors (Lipinski definition) is 1. The number of rotatable bonds is 6. The highest BCUT2D eigenvalue weighted by molar-refractivity contribution is 6.26. The molecule has 30 heavy (non-hydrogen) atoms. The fourth-order valence-corrected chi connectivity index (χ4v) is 3.02. The number of aromatic nitrogens is 2. The third kappa shape index (κ3) is 4.35. The molecule has 0 bridgehead atoms. The van der Waals surface area contributed by atoms with E-state index in [0.717, 1.165) is 27.6 Å². The summed E-state index contributed by atoms with van der Waals surface area (Å²) in [5, 5.41) is 2.62. The summed E-state index contributed by atoms with van der Waals surface area (Å²) < 4.78 is 5.73. The van der Waals surface area contributed by atoms with E-state index >= 15 is 0 Å². The summed E-state index contributed by atoms with van der Waals surface area (Å²) in [6.45, 7) is 2.20. The summed E-state index contributed by atoms with van der Waals surface area (Å²) in [4.78, 5) is 34.4. The molecule has 0 saturated carbocycles. The van der Waals surface area contributed by atoms with E-state index in [9.17, 15) is 9.59 Å². The smallest absolute Gasteiger partial charge is 0.334 e. The van der Waals surface area contributed by atoms with E-state index in [-0.39, 0.29) is 5.70 Å². The quantitative estimate of drug-likeness (QED) is 0.505. The number of carbonyl (C=O) groups excluding carboxylic acids is 2. The molecule has 1 aliphatic rings. The van der Waals surface area contributed by atoms with Crippen molar-refractivity contribution in [1.29, 1.82) is 0 Å². The van der Waals surface area contributed by atoms with Crippen molar-refractivity contribution < 1.29 is 14.3 Å². The average Bonchev–Trinajstić information content (AvgIpc) is 3.05. The third-order valence-corrected chi connectivity index (χ3v) is 4.56. The maximum atomic E-state index is 12.6. The average molecular weight is 400 g/mol. The molecule has 0 unspecified atom stereocenters. The van der Waals surface area contributed by atoms with Gasteiger partial charge < -0.3 is 10.1 Å². The lowest BCUT2D eigenvalue weighted by molar-refractivity contribution is -0.114. The molecule has 1 saturated heterocycles. The van der Waals surface area contributed by atoms with Crippen molar-refractivity contribution in [3.63, 3.8) is 0 Å². The Hall–Kier alpha value is -4.00. The molecule has 4 rings (SSSR count). The number of aryl methyl sites for hydroxylation is 1. The minimum Gasteiger partial charge on any atom is -0.487 e. The second-order valence-electron chi connectivity index (χ2n) is 6.78. The number of ether oxygens (including phenoxy) is 1. The van der Waals surface area contributed by atoms with Gasteiger partial charge in [0.05, 0.1) is 5.69 Å². The minimum atomic E-state index is -0.498. The lowest BCUT2D eigenvalue weighted by atomic mass is 10.1. The van der Waals surface area contributed by atoms with E-state index in [1.807, 2.05) is 55.5 Å². The number of nitrogens with one attached hydrogen (secondary N) is 1. The van der Waals surface area contributed by atoms with Gasteiger partial charge in [-0.3, -0.25) is 9.78 Å². The van der Waals surface area contributed by atoms with Crippen molar-refractivity contribution in [3.8, 4) is 5.75 Å². The zero-order valence-electron chi connectivity index (χ0n) is 16.4. The van der Waals surface area contributed by atoms with Gasteiger partial charge in [0.1, 0.15) is 23.9 Å². The summed E-state index contributed by atoms with van der Waals surface area (Å²) in [5.74, 6) is 0.641. The second kappa shape index (κ2) is 8.57. The largest absolute Gasteiger partial charge is 0.487 e. The lowest BCUT2D eigenvalue weighted by Crippen LogP contribution is -2.31. The van der Waals surface area contributed by atoms with Crippen LogP contribution in [0.3, 0.4) is 0 Å². The standard InChI is InChI=1S/C23H20N4O3/c1-16-5-4-7-21(25-16)27-22(28)20(26-23(27)29)13-10-17-8-11-19(12-9-17)30-15-18-6-2-3-14-24-18/h2-9,11-14H,10,15H2,1H3,(H,26,29)/b20-13-. The van der Waals surface area contributed by atoms with Crippen LogP contribution in [0, 0.1) is 6.92 Å². The van der Waals surface area contributed by atoms with Crippen LogP contribution in [0.25, 0.3) is 0 Å². The fraction of sp³-hybridized carbons (Fsp3) is 0.130. The molecule has 0 atom stereocenters. The van der Waals surface area contributed by atoms with Crippen molar-refractivity contribution in [2.75, 3.05) is 4.90 Å². The normalized spacial score (nSPS) is 14.8. The molecule has 150 valence electrons. The summed E-state index contributed by atoms with van der Waals surface area (Å²) in [7, 11) is 0. The molecule has 1 N–H and O–H groups in total. The molecule has 1 fully saturated rings. The van der Waals surface area contributed by atoms with Gasteiger partial charge in [0, 0.05) is 11.9 Å². The number of amides is 3. The molecule has 0 spiro atoms. The molecule has 3 heterocycles. The van der Waals surface area contributed by atoms with Gasteiger partial charge in [0.15, 0.2) is 0 Å². The van der Waals surface area contributed by atoms with Crippen molar-refractivity contribution in [3.05, 3.63) is 95.6 Å². The Balaban J connectivity index is 1.39. The van der Waals surface area contributed by atoms with E-state index in [2.05, 4.69) is 15.3 Å². The topological polar surface area (TPSA) is 84.4 Å². The Morgan fingerprint density at radius 1 is 1.03 bits per heavy atom. The van der Waals surface area contributed by atoms with Gasteiger partial charge in [-0.05, 0) is 55.3 Å². The molecule has 2 aromatic heterocycles. The Bertz CT molecular complexity index is 1090. The maximum absolute atomic E-state index is 12.6. The molecule has 7 heteroatoms. The van der Waals surface area contributed by atoms with Gasteiger partial charge in [0.25, 0.3) is 5.91 Å². The summed E-state index contributed by atoms with van der Waals surface area (Å²) in [6, 6.07) is 18.0. The number of allylic oxidation sites excluding steroid dienone is 1. The molecular weight excluding hydrogens is 380 g/mol. The van der Waals surface area contributed by atoms with Gasteiger partial charge in [-0.2, -0.15) is 0 Å². The van der Waals surface area contributed by atoms with E-state index in [0.29, 0.717) is 18.8 Å². The van der Waals surface area contributed by atoms with E-state index in [1.165, 1.54) is 0 Å². The Morgan fingerprint density at radius 2 is 1.87 bits per heavy atom. The number of carbonyl (C=O) groups is 2. The first kappa shape index (κ1) is 19.3. The van der Waals surface area contributed by atoms with E-state index < -0.39 is 11.9 Å². The zero-order valence-corrected chi connectivity index (χ0v) is 16.4. The molecule has 3 amide bonds. The highest BCUT2D eigenvalue weighted by Gasteiger charge is 2.35. The van der Waals surface area contributed by atoms with Crippen LogP contribution >= 0.6 is 0 Å². The number of nitrogens with zero attached hydrogens (tertiary/aromatic N) is 3. The summed E-state index contributed by atoms with van der Waals surface area (Å²) >= 11 is 0. The number of hydrogen-bond acceptors (Lipinski definition) is 5. The van der Waals surface area contributed by atoms with Gasteiger partial charge >= 0.3 is 6.03 Å². The molecule has 1 aliphatic heterocycles. The van der Waals surface area contributed by atoms with Crippen LogP contribution in [0.15, 0.2) is 78.6 Å². The Kier molecular flexibility index (Phi) is 5.52. The highest BCUT2D eigenvalue weighted by Crippen LogP contribution is 2.20. The number of urea groups is 1. The fourth-order valence-electron chi connectivity index (χ4n) is 3.02. The SMILES string of the molecule is Cc1cccc(N2C(=O)N/C(=C\Cc3ccc(OCc4ccccn4)cc3)C2=O)n1. The van der Waals surface area contributed by atoms with Crippen molar-refractivity contribution >= 4 is 17.8 Å². The third-order valence-electron chi connectivity index (χ3n) is 4.56. The molecule has 7 nitrogen and oxygen atoms in total. The monoisotopic (exact) mass is 400 g/mol. The summed E-state index contributed by atoms with van der Waals surface area (Å²) in [6.07, 6.45) is 3.94. The van der Waals surface area contributed by atoms with Crippen LogP contribution in [-0.2, 0) is 17.8 Å². The van der Waals surface area contributed by atoms with Crippen LogP contribution < -0.4 is 15.0 Å². The van der Waals surface area contributed by atoms with Crippen molar-refractivity contribution in [1.82, 2.24) is 15.3 Å². The molecule has 0 radical (unpaired) electrons. The van der Waals surface area contributed by atoms with Crippen molar-refractivity contribution in [2.45, 2.75) is 20.0 Å². The van der Waals surface area contributed by atoms with Gasteiger partial charge in [0.2, 0.25) is 0 Å². The second-order valence-corrected chi connectivity index (χ2v) is 6.78. The van der Waals surface area contributed by atoms with Crippen LogP contribution in [-0.4, -0.2) is 21.9 Å². The number of anilines is 1. The summed E-state index contributed by atoms with van der Waals surface area (Å²) in [5.41, 5.74) is 2.82. The minimum absolute atomic E-state index is 0.249. The number of pyridine rings is 2. The van der Waals surface area contributed by atoms with Crippen LogP contribution in [0.5, 0.6) is 5.75 Å². The molecule has 0 aliphatic carbocycles. The molecule has 1 aromatic carbocycles. The van der Waals surface area contributed by atoms with Gasteiger partial charge in [-0.15, -0.1) is 0 Å². The van der Waals surface area contributed by atoms with Crippen LogP contribution in [0.2, 0.25) is 0 Å². The van der Waals surface area contributed by atoms with Crippen molar-refractivity contribution in [2.24, 2.45) is 0 Å². The van der Waals surface area contributed by atoms with Gasteiger partial charge in [-0.25, -0.2) is 14.7 Å². The first-order chi connectivity index (χ1) is 14.6. The maximum Gasteiger partial charge on any atom is 0.334 e. The van der Waals surface area contributed by atoms with Gasteiger partial charge in [-0.1, -0.05) is 30.3 Å². The Labute approximate surface area is 174 Å². The van der Waals surface area contributed by atoms with E-state index in [1.54, 1.807) is 24.4 Å². The predicted octanol–water partition coefficient (Wildman–Crippen LogP) is 3.55. The Morgan fingerprint density at radius 3 is 2.60 bits per heavy atom. The number of imide groups is 1. The lowest BCUT2D eigenvalue weighted by Gasteiger charge is -2.10.